The van der Waals surface area contributed by atoms with Crippen LogP contribution < -0.4 is 0 Å². The van der Waals surface area contributed by atoms with E-state index in [1.165, 1.54) is 0 Å². The summed E-state index contributed by atoms with van der Waals surface area (Å²) >= 11 is 0. The molecule has 0 bridgehead atoms. The smallest absolute Gasteiger partial charge is 0.168 e. The van der Waals surface area contributed by atoms with E-state index in [0.29, 0.717) is 11.7 Å². The SMILES string of the molecule is CC(=O)C(C)C1CCC2(CC1)OCCO2. The standard InChI is InChI=1S/C12H20O3/c1-9(10(2)13)11-3-5-12(6-4-11)14-7-8-15-12/h9,11H,3-8H2,1-2H3. The molecule has 0 amide bonds. The largest absolute Gasteiger partial charge is 0.348 e. The molecule has 1 unspecified atom stereocenters. The van der Waals surface area contributed by atoms with Crippen molar-refractivity contribution in [1.82, 2.24) is 0 Å². The molecule has 2 rings (SSSR count). The fraction of sp³-hybridized carbons (Fsp3) is 0.917. The minimum Gasteiger partial charge on any atom is -0.348 e. The molecule has 1 saturated carbocycles. The van der Waals surface area contributed by atoms with Gasteiger partial charge >= 0.3 is 0 Å². The van der Waals surface area contributed by atoms with Gasteiger partial charge in [-0.05, 0) is 25.7 Å². The fourth-order valence-electron chi connectivity index (χ4n) is 2.70. The molecular weight excluding hydrogens is 192 g/mol. The summed E-state index contributed by atoms with van der Waals surface area (Å²) in [5.41, 5.74) is 0. The van der Waals surface area contributed by atoms with Crippen LogP contribution in [0.2, 0.25) is 0 Å². The summed E-state index contributed by atoms with van der Waals surface area (Å²) in [5, 5.41) is 0. The highest BCUT2D eigenvalue weighted by atomic mass is 16.7. The van der Waals surface area contributed by atoms with Crippen LogP contribution in [0.15, 0.2) is 0 Å². The van der Waals surface area contributed by atoms with Crippen LogP contribution in [0.3, 0.4) is 0 Å². The van der Waals surface area contributed by atoms with Crippen molar-refractivity contribution in [1.29, 1.82) is 0 Å². The highest BCUT2D eigenvalue weighted by Gasteiger charge is 2.41. The molecule has 1 aliphatic heterocycles. The third kappa shape index (κ3) is 2.23. The van der Waals surface area contributed by atoms with E-state index in [0.717, 1.165) is 38.9 Å². The number of carbonyl (C=O) groups excluding carboxylic acids is 1. The van der Waals surface area contributed by atoms with Gasteiger partial charge in [-0.1, -0.05) is 6.92 Å². The Morgan fingerprint density at radius 2 is 1.80 bits per heavy atom. The molecule has 1 heterocycles. The third-order valence-corrected chi connectivity index (χ3v) is 3.95. The van der Waals surface area contributed by atoms with E-state index in [-0.39, 0.29) is 11.7 Å². The maximum absolute atomic E-state index is 11.3. The van der Waals surface area contributed by atoms with Gasteiger partial charge in [-0.15, -0.1) is 0 Å². The number of carbonyl (C=O) groups is 1. The molecule has 0 aromatic carbocycles. The number of hydrogen-bond donors (Lipinski definition) is 0. The van der Waals surface area contributed by atoms with Crippen LogP contribution in [0.4, 0.5) is 0 Å². The summed E-state index contributed by atoms with van der Waals surface area (Å²) in [6.07, 6.45) is 4.02. The van der Waals surface area contributed by atoms with E-state index in [9.17, 15) is 4.79 Å². The Morgan fingerprint density at radius 1 is 1.27 bits per heavy atom. The van der Waals surface area contributed by atoms with Gasteiger partial charge in [0.25, 0.3) is 0 Å². The molecule has 3 nitrogen and oxygen atoms in total. The molecule has 1 spiro atoms. The zero-order valence-electron chi connectivity index (χ0n) is 9.62. The topological polar surface area (TPSA) is 35.5 Å². The monoisotopic (exact) mass is 212 g/mol. The molecule has 0 aromatic heterocycles. The van der Waals surface area contributed by atoms with Crippen LogP contribution >= 0.6 is 0 Å². The minimum absolute atomic E-state index is 0.198. The quantitative estimate of drug-likeness (QED) is 0.703. The molecule has 1 atom stereocenters. The van der Waals surface area contributed by atoms with E-state index in [1.807, 2.05) is 6.92 Å². The van der Waals surface area contributed by atoms with Crippen molar-refractivity contribution in [2.75, 3.05) is 13.2 Å². The number of hydrogen-bond acceptors (Lipinski definition) is 3. The van der Waals surface area contributed by atoms with Crippen molar-refractivity contribution < 1.29 is 14.3 Å². The van der Waals surface area contributed by atoms with Crippen LogP contribution in [0, 0.1) is 11.8 Å². The van der Waals surface area contributed by atoms with Crippen molar-refractivity contribution in [3.63, 3.8) is 0 Å². The van der Waals surface area contributed by atoms with E-state index < -0.39 is 0 Å². The summed E-state index contributed by atoms with van der Waals surface area (Å²) < 4.78 is 11.3. The van der Waals surface area contributed by atoms with Gasteiger partial charge in [0.1, 0.15) is 5.78 Å². The summed E-state index contributed by atoms with van der Waals surface area (Å²) in [6.45, 7) is 5.19. The maximum Gasteiger partial charge on any atom is 0.168 e. The minimum atomic E-state index is -0.285. The molecule has 86 valence electrons. The zero-order valence-corrected chi connectivity index (χ0v) is 9.62. The summed E-state index contributed by atoms with van der Waals surface area (Å²) in [7, 11) is 0. The molecule has 1 saturated heterocycles. The maximum atomic E-state index is 11.3. The summed E-state index contributed by atoms with van der Waals surface area (Å²) in [5.74, 6) is 0.751. The zero-order chi connectivity index (χ0) is 10.9. The van der Waals surface area contributed by atoms with E-state index >= 15 is 0 Å². The van der Waals surface area contributed by atoms with Gasteiger partial charge in [0.05, 0.1) is 13.2 Å². The molecular formula is C12H20O3. The molecule has 0 aromatic rings. The van der Waals surface area contributed by atoms with Crippen molar-refractivity contribution in [3.8, 4) is 0 Å². The van der Waals surface area contributed by atoms with Crippen molar-refractivity contribution in [3.05, 3.63) is 0 Å². The average molecular weight is 212 g/mol. The van der Waals surface area contributed by atoms with Crippen molar-refractivity contribution in [2.45, 2.75) is 45.3 Å². The Balaban J connectivity index is 1.89. The van der Waals surface area contributed by atoms with E-state index in [2.05, 4.69) is 0 Å². The van der Waals surface area contributed by atoms with Crippen molar-refractivity contribution >= 4 is 5.78 Å². The predicted octanol–water partition coefficient (Wildman–Crippen LogP) is 2.14. The van der Waals surface area contributed by atoms with Gasteiger partial charge in [0.2, 0.25) is 0 Å². The number of ether oxygens (including phenoxy) is 2. The van der Waals surface area contributed by atoms with Gasteiger partial charge in [-0.25, -0.2) is 0 Å². The Bertz CT molecular complexity index is 233. The highest BCUT2D eigenvalue weighted by Crippen LogP contribution is 2.40. The Kier molecular flexibility index (Phi) is 3.12. The Hall–Kier alpha value is -0.410. The lowest BCUT2D eigenvalue weighted by atomic mass is 9.77. The number of Topliss-reactive ketones (excluding diaryl/α,β-unsaturated/α-hetero) is 1. The number of ketones is 1. The van der Waals surface area contributed by atoms with E-state index in [1.54, 1.807) is 6.92 Å². The van der Waals surface area contributed by atoms with Crippen LogP contribution in [0.1, 0.15) is 39.5 Å². The lowest BCUT2D eigenvalue weighted by Crippen LogP contribution is -2.37. The first kappa shape index (κ1) is 11.1. The van der Waals surface area contributed by atoms with Gasteiger partial charge in [-0.2, -0.15) is 0 Å². The van der Waals surface area contributed by atoms with Gasteiger partial charge in [-0.3, -0.25) is 4.79 Å². The molecule has 0 N–H and O–H groups in total. The van der Waals surface area contributed by atoms with Gasteiger partial charge in [0, 0.05) is 18.8 Å². The third-order valence-electron chi connectivity index (χ3n) is 3.95. The second-order valence-electron chi connectivity index (χ2n) is 4.84. The van der Waals surface area contributed by atoms with Crippen LogP contribution in [0.5, 0.6) is 0 Å². The first-order chi connectivity index (χ1) is 7.13. The fourth-order valence-corrected chi connectivity index (χ4v) is 2.70. The average Bonchev–Trinajstić information content (AvgIpc) is 2.67. The Morgan fingerprint density at radius 3 is 2.27 bits per heavy atom. The highest BCUT2D eigenvalue weighted by molar-refractivity contribution is 5.78. The van der Waals surface area contributed by atoms with Gasteiger partial charge in [0.15, 0.2) is 5.79 Å². The lowest BCUT2D eigenvalue weighted by Gasteiger charge is -2.37. The molecule has 0 radical (unpaired) electrons. The second-order valence-corrected chi connectivity index (χ2v) is 4.84. The first-order valence-corrected chi connectivity index (χ1v) is 5.91. The summed E-state index contributed by atoms with van der Waals surface area (Å²) in [6, 6.07) is 0. The number of rotatable bonds is 2. The molecule has 1 aliphatic carbocycles. The molecule has 2 aliphatic rings. The van der Waals surface area contributed by atoms with Crippen LogP contribution in [-0.2, 0) is 14.3 Å². The van der Waals surface area contributed by atoms with Crippen molar-refractivity contribution in [2.24, 2.45) is 11.8 Å². The first-order valence-electron chi connectivity index (χ1n) is 5.91. The predicted molar refractivity (Wildman–Crippen MR) is 56.4 cm³/mol. The molecule has 2 fully saturated rings. The molecule has 3 heteroatoms. The Labute approximate surface area is 91.1 Å². The second kappa shape index (κ2) is 4.22. The summed E-state index contributed by atoms with van der Waals surface area (Å²) in [4.78, 5) is 11.3. The van der Waals surface area contributed by atoms with Crippen LogP contribution in [0.25, 0.3) is 0 Å². The molecule has 15 heavy (non-hydrogen) atoms. The van der Waals surface area contributed by atoms with E-state index in [4.69, 9.17) is 9.47 Å². The normalized spacial score (nSPS) is 28.1. The lowest BCUT2D eigenvalue weighted by molar-refractivity contribution is -0.185. The van der Waals surface area contributed by atoms with Crippen LogP contribution in [-0.4, -0.2) is 24.8 Å². The van der Waals surface area contributed by atoms with Gasteiger partial charge < -0.3 is 9.47 Å².